The first-order chi connectivity index (χ1) is 6.95. The zero-order chi connectivity index (χ0) is 11.5. The van der Waals surface area contributed by atoms with E-state index in [1.807, 2.05) is 13.1 Å². The van der Waals surface area contributed by atoms with Crippen LogP contribution in [0.2, 0.25) is 0 Å². The highest BCUT2D eigenvalue weighted by atomic mass is 15.2. The lowest BCUT2D eigenvalue weighted by atomic mass is 9.87. The molecule has 1 rings (SSSR count). The van der Waals surface area contributed by atoms with Crippen LogP contribution < -0.4 is 11.1 Å². The van der Waals surface area contributed by atoms with Crippen LogP contribution in [0, 0.1) is 0 Å². The van der Waals surface area contributed by atoms with Crippen molar-refractivity contribution in [3.8, 4) is 0 Å². The maximum Gasteiger partial charge on any atom is 0.0285 e. The molecule has 0 aliphatic carbocycles. The third-order valence-corrected chi connectivity index (χ3v) is 3.28. The van der Waals surface area contributed by atoms with Crippen LogP contribution in [0.25, 0.3) is 0 Å². The van der Waals surface area contributed by atoms with Gasteiger partial charge in [0.05, 0.1) is 0 Å². The Balaban J connectivity index is 2.51. The van der Waals surface area contributed by atoms with E-state index in [1.165, 1.54) is 19.4 Å². The van der Waals surface area contributed by atoms with Crippen molar-refractivity contribution in [1.29, 1.82) is 0 Å². The van der Waals surface area contributed by atoms with Crippen molar-refractivity contribution < 1.29 is 0 Å². The summed E-state index contributed by atoms with van der Waals surface area (Å²) in [6, 6.07) is 0.571. The summed E-state index contributed by atoms with van der Waals surface area (Å²) in [6.07, 6.45) is 4.33. The van der Waals surface area contributed by atoms with Crippen molar-refractivity contribution in [3.63, 3.8) is 0 Å². The van der Waals surface area contributed by atoms with Crippen LogP contribution in [-0.2, 0) is 0 Å². The lowest BCUT2D eigenvalue weighted by molar-refractivity contribution is 0.0671. The predicted molar refractivity (Wildman–Crippen MR) is 65.4 cm³/mol. The lowest BCUT2D eigenvalue weighted by Gasteiger charge is -2.45. The second-order valence-corrected chi connectivity index (χ2v) is 5.14. The molecule has 0 saturated carbocycles. The van der Waals surface area contributed by atoms with Crippen LogP contribution in [0.1, 0.15) is 40.5 Å². The molecular weight excluding hydrogens is 186 g/mol. The number of rotatable bonds is 3. The fourth-order valence-corrected chi connectivity index (χ4v) is 2.43. The van der Waals surface area contributed by atoms with E-state index in [-0.39, 0.29) is 0 Å². The van der Waals surface area contributed by atoms with Gasteiger partial charge in [-0.15, -0.1) is 0 Å². The molecule has 1 aliphatic heterocycles. The van der Waals surface area contributed by atoms with E-state index in [9.17, 15) is 0 Å². The molecule has 3 heteroatoms. The normalized spacial score (nSPS) is 27.7. The van der Waals surface area contributed by atoms with Gasteiger partial charge in [0.15, 0.2) is 0 Å². The molecule has 0 amide bonds. The number of allylic oxidation sites excluding steroid dienone is 1. The van der Waals surface area contributed by atoms with Gasteiger partial charge in [0, 0.05) is 30.0 Å². The van der Waals surface area contributed by atoms with Crippen LogP contribution in [0.15, 0.2) is 11.9 Å². The Kier molecular flexibility index (Phi) is 4.03. The van der Waals surface area contributed by atoms with Gasteiger partial charge in [0.1, 0.15) is 0 Å². The number of nitrogens with two attached hydrogens (primary N) is 1. The van der Waals surface area contributed by atoms with E-state index < -0.39 is 0 Å². The molecule has 0 radical (unpaired) electrons. The Hall–Kier alpha value is -0.700. The second-order valence-electron chi connectivity index (χ2n) is 5.14. The zero-order valence-corrected chi connectivity index (χ0v) is 10.5. The van der Waals surface area contributed by atoms with E-state index in [4.69, 9.17) is 5.73 Å². The Bertz CT molecular complexity index is 229. The highest BCUT2D eigenvalue weighted by Gasteiger charge is 2.33. The van der Waals surface area contributed by atoms with Gasteiger partial charge >= 0.3 is 0 Å². The van der Waals surface area contributed by atoms with Crippen molar-refractivity contribution >= 4 is 0 Å². The summed E-state index contributed by atoms with van der Waals surface area (Å²) in [5.74, 6) is 0. The zero-order valence-electron chi connectivity index (χ0n) is 10.5. The number of piperidine rings is 1. The number of hydrogen-bond acceptors (Lipinski definition) is 3. The minimum atomic E-state index is 0.307. The molecule has 1 saturated heterocycles. The van der Waals surface area contributed by atoms with Gasteiger partial charge in [-0.1, -0.05) is 6.92 Å². The summed E-state index contributed by atoms with van der Waals surface area (Å²) in [5, 5.41) is 3.41. The van der Waals surface area contributed by atoms with Crippen molar-refractivity contribution in [1.82, 2.24) is 10.2 Å². The summed E-state index contributed by atoms with van der Waals surface area (Å²) in [7, 11) is 0. The molecular formula is C12H25N3. The first-order valence-electron chi connectivity index (χ1n) is 5.89. The highest BCUT2D eigenvalue weighted by Crippen LogP contribution is 2.27. The maximum atomic E-state index is 5.62. The average Bonchev–Trinajstić information content (AvgIpc) is 2.13. The molecule has 1 aliphatic rings. The third-order valence-electron chi connectivity index (χ3n) is 3.28. The minimum Gasteiger partial charge on any atom is -0.401 e. The van der Waals surface area contributed by atoms with Crippen LogP contribution in [0.4, 0.5) is 0 Å². The molecule has 1 unspecified atom stereocenters. The Labute approximate surface area is 93.7 Å². The number of nitrogens with zero attached hydrogens (tertiary/aromatic N) is 1. The summed E-state index contributed by atoms with van der Waals surface area (Å²) < 4.78 is 0. The smallest absolute Gasteiger partial charge is 0.0285 e. The number of hydrogen-bond donors (Lipinski definition) is 2. The van der Waals surface area contributed by atoms with Gasteiger partial charge in [-0.25, -0.2) is 0 Å². The lowest BCUT2D eigenvalue weighted by Crippen LogP contribution is -2.53. The summed E-state index contributed by atoms with van der Waals surface area (Å²) >= 11 is 0. The quantitative estimate of drug-likeness (QED) is 0.746. The SMILES string of the molecule is CCN1CCC(N/C=C(/C)N)CC1(C)C. The third kappa shape index (κ3) is 3.42. The molecule has 88 valence electrons. The van der Waals surface area contributed by atoms with Gasteiger partial charge in [0.25, 0.3) is 0 Å². The van der Waals surface area contributed by atoms with E-state index >= 15 is 0 Å². The largest absolute Gasteiger partial charge is 0.401 e. The first-order valence-corrected chi connectivity index (χ1v) is 5.89. The monoisotopic (exact) mass is 211 g/mol. The molecule has 1 heterocycles. The van der Waals surface area contributed by atoms with Gasteiger partial charge in [-0.3, -0.25) is 4.90 Å². The Morgan fingerprint density at radius 1 is 1.60 bits per heavy atom. The standard InChI is InChI=1S/C12H25N3/c1-5-15-7-6-11(8-12(15,3)4)14-9-10(2)13/h9,11,14H,5-8,13H2,1-4H3/b10-9-. The summed E-state index contributed by atoms with van der Waals surface area (Å²) in [4.78, 5) is 2.55. The van der Waals surface area contributed by atoms with Gasteiger partial charge in [-0.05, 0) is 40.2 Å². The van der Waals surface area contributed by atoms with Crippen molar-refractivity contribution in [2.24, 2.45) is 5.73 Å². The second kappa shape index (κ2) is 4.88. The Morgan fingerprint density at radius 3 is 2.73 bits per heavy atom. The van der Waals surface area contributed by atoms with E-state index in [2.05, 4.69) is 31.0 Å². The molecule has 0 aromatic heterocycles. The van der Waals surface area contributed by atoms with Gasteiger partial charge in [-0.2, -0.15) is 0 Å². The molecule has 1 atom stereocenters. The van der Waals surface area contributed by atoms with Crippen LogP contribution in [0.5, 0.6) is 0 Å². The van der Waals surface area contributed by atoms with E-state index in [0.29, 0.717) is 11.6 Å². The minimum absolute atomic E-state index is 0.307. The first kappa shape index (κ1) is 12.4. The van der Waals surface area contributed by atoms with Crippen LogP contribution in [-0.4, -0.2) is 29.6 Å². The molecule has 0 aromatic rings. The fourth-order valence-electron chi connectivity index (χ4n) is 2.43. The molecule has 15 heavy (non-hydrogen) atoms. The molecule has 0 aromatic carbocycles. The molecule has 0 spiro atoms. The van der Waals surface area contributed by atoms with Crippen molar-refractivity contribution in [2.75, 3.05) is 13.1 Å². The number of likely N-dealkylation sites (tertiary alicyclic amines) is 1. The maximum absolute atomic E-state index is 5.62. The molecule has 1 fully saturated rings. The number of nitrogens with one attached hydrogen (secondary N) is 1. The topological polar surface area (TPSA) is 41.3 Å². The van der Waals surface area contributed by atoms with Gasteiger partial charge < -0.3 is 11.1 Å². The summed E-state index contributed by atoms with van der Waals surface area (Å²) in [5.41, 5.74) is 6.78. The molecule has 0 bridgehead atoms. The average molecular weight is 211 g/mol. The van der Waals surface area contributed by atoms with E-state index in [1.54, 1.807) is 0 Å². The van der Waals surface area contributed by atoms with Crippen molar-refractivity contribution in [2.45, 2.75) is 52.1 Å². The molecule has 3 nitrogen and oxygen atoms in total. The van der Waals surface area contributed by atoms with Crippen LogP contribution >= 0.6 is 0 Å². The Morgan fingerprint density at radius 2 is 2.27 bits per heavy atom. The van der Waals surface area contributed by atoms with Crippen molar-refractivity contribution in [3.05, 3.63) is 11.9 Å². The molecule has 3 N–H and O–H groups in total. The van der Waals surface area contributed by atoms with E-state index in [0.717, 1.165) is 12.2 Å². The highest BCUT2D eigenvalue weighted by molar-refractivity contribution is 4.97. The van der Waals surface area contributed by atoms with Crippen LogP contribution in [0.3, 0.4) is 0 Å². The fraction of sp³-hybridized carbons (Fsp3) is 0.833. The summed E-state index contributed by atoms with van der Waals surface area (Å²) in [6.45, 7) is 11.1. The predicted octanol–water partition coefficient (Wildman–Crippen LogP) is 1.66. The van der Waals surface area contributed by atoms with Gasteiger partial charge in [0.2, 0.25) is 0 Å².